The number of nitriles is 1. The minimum atomic E-state index is -0.665. The Hall–Kier alpha value is -3.50. The summed E-state index contributed by atoms with van der Waals surface area (Å²) >= 11 is 0. The molecule has 0 amide bonds. The van der Waals surface area contributed by atoms with Crippen molar-refractivity contribution < 1.29 is 9.53 Å². The smallest absolute Gasteiger partial charge is 0.327 e. The summed E-state index contributed by atoms with van der Waals surface area (Å²) in [5, 5.41) is 18.9. The number of benzene rings is 2. The number of methoxy groups -OCH3 is 1. The van der Waals surface area contributed by atoms with Gasteiger partial charge >= 0.3 is 5.97 Å². The first-order chi connectivity index (χ1) is 12.7. The molecule has 0 aliphatic carbocycles. The molecular weight excluding hydrogens is 330 g/mol. The molecule has 3 rings (SSSR count). The molecule has 7 heteroatoms. The molecule has 7 nitrogen and oxygen atoms in total. The molecule has 0 saturated heterocycles. The molecule has 130 valence electrons. The number of carbonyl (C=O) groups is 1. The molecule has 1 unspecified atom stereocenters. The first-order valence-corrected chi connectivity index (χ1v) is 7.97. The van der Waals surface area contributed by atoms with Crippen LogP contribution in [-0.2, 0) is 16.1 Å². The third-order valence-corrected chi connectivity index (χ3v) is 3.91. The maximum atomic E-state index is 12.2. The number of aromatic nitrogens is 3. The highest BCUT2D eigenvalue weighted by molar-refractivity contribution is 5.77. The molecule has 0 saturated carbocycles. The average molecular weight is 347 g/mol. The fourth-order valence-electron chi connectivity index (χ4n) is 2.64. The van der Waals surface area contributed by atoms with Gasteiger partial charge in [0.05, 0.1) is 18.7 Å². The second-order valence-electron chi connectivity index (χ2n) is 5.61. The summed E-state index contributed by atoms with van der Waals surface area (Å²) in [6.45, 7) is 0.443. The van der Waals surface area contributed by atoms with Gasteiger partial charge in [0.2, 0.25) is 0 Å². The van der Waals surface area contributed by atoms with E-state index in [0.29, 0.717) is 23.5 Å². The van der Waals surface area contributed by atoms with Crippen LogP contribution in [0.5, 0.6) is 0 Å². The minimum absolute atomic E-state index is 0.411. The van der Waals surface area contributed by atoms with E-state index in [9.17, 15) is 4.79 Å². The number of carbonyl (C=O) groups excluding carboxylic acids is 1. The number of ether oxygens (including phenoxy) is 1. The summed E-state index contributed by atoms with van der Waals surface area (Å²) in [5.41, 5.74) is 3.06. The second-order valence-corrected chi connectivity index (χ2v) is 5.61. The first-order valence-electron chi connectivity index (χ1n) is 7.97. The summed E-state index contributed by atoms with van der Waals surface area (Å²) in [6, 6.07) is 16.1. The average Bonchev–Trinajstić information content (AvgIpc) is 3.23. The summed E-state index contributed by atoms with van der Waals surface area (Å²) in [5.74, 6) is 0.268. The van der Waals surface area contributed by atoms with Crippen LogP contribution in [0.25, 0.3) is 11.4 Å². The summed E-state index contributed by atoms with van der Waals surface area (Å²) in [6.07, 6.45) is 1.45. The van der Waals surface area contributed by atoms with E-state index in [1.54, 1.807) is 24.3 Å². The van der Waals surface area contributed by atoms with E-state index < -0.39 is 12.0 Å². The Labute approximate surface area is 150 Å². The highest BCUT2D eigenvalue weighted by Crippen LogP contribution is 2.19. The lowest BCUT2D eigenvalue weighted by Gasteiger charge is -2.17. The lowest BCUT2D eigenvalue weighted by molar-refractivity contribution is -0.143. The normalized spacial score (nSPS) is 11.5. The van der Waals surface area contributed by atoms with E-state index in [-0.39, 0.29) is 0 Å². The van der Waals surface area contributed by atoms with Crippen molar-refractivity contribution in [2.45, 2.75) is 12.6 Å². The van der Waals surface area contributed by atoms with E-state index in [4.69, 9.17) is 10.00 Å². The Morgan fingerprint density at radius 2 is 2.15 bits per heavy atom. The zero-order valence-electron chi connectivity index (χ0n) is 14.1. The number of hydrogen-bond donors (Lipinski definition) is 2. The van der Waals surface area contributed by atoms with Crippen LogP contribution in [-0.4, -0.2) is 28.3 Å². The van der Waals surface area contributed by atoms with Gasteiger partial charge in [0.25, 0.3) is 0 Å². The molecule has 0 fully saturated rings. The lowest BCUT2D eigenvalue weighted by atomic mass is 10.0. The molecule has 0 aliphatic rings. The molecule has 0 bridgehead atoms. The maximum absolute atomic E-state index is 12.2. The van der Waals surface area contributed by atoms with Gasteiger partial charge < -0.3 is 4.74 Å². The Kier molecular flexibility index (Phi) is 5.37. The van der Waals surface area contributed by atoms with Crippen LogP contribution >= 0.6 is 0 Å². The molecule has 2 N–H and O–H groups in total. The van der Waals surface area contributed by atoms with Crippen LogP contribution in [0.4, 0.5) is 0 Å². The summed E-state index contributed by atoms with van der Waals surface area (Å²) in [4.78, 5) is 16.3. The number of H-pyrrole nitrogens is 1. The lowest BCUT2D eigenvalue weighted by Crippen LogP contribution is -2.29. The van der Waals surface area contributed by atoms with Gasteiger partial charge in [-0.05, 0) is 29.3 Å². The van der Waals surface area contributed by atoms with Gasteiger partial charge in [-0.3, -0.25) is 10.4 Å². The van der Waals surface area contributed by atoms with Gasteiger partial charge in [-0.15, -0.1) is 0 Å². The number of hydrogen-bond acceptors (Lipinski definition) is 6. The van der Waals surface area contributed by atoms with Gasteiger partial charge in [-0.1, -0.05) is 30.3 Å². The van der Waals surface area contributed by atoms with Gasteiger partial charge in [-0.2, -0.15) is 10.4 Å². The van der Waals surface area contributed by atoms with Crippen LogP contribution in [0.15, 0.2) is 54.9 Å². The van der Waals surface area contributed by atoms with Crippen molar-refractivity contribution in [3.63, 3.8) is 0 Å². The molecule has 0 aliphatic heterocycles. The van der Waals surface area contributed by atoms with Gasteiger partial charge in [0, 0.05) is 12.1 Å². The zero-order chi connectivity index (χ0) is 18.4. The quantitative estimate of drug-likeness (QED) is 0.663. The molecular formula is C19H17N5O2. The van der Waals surface area contributed by atoms with Crippen molar-refractivity contribution >= 4 is 5.97 Å². The van der Waals surface area contributed by atoms with Crippen molar-refractivity contribution in [1.82, 2.24) is 20.5 Å². The second kappa shape index (κ2) is 8.05. The van der Waals surface area contributed by atoms with Crippen molar-refractivity contribution in [2.24, 2.45) is 0 Å². The predicted octanol–water partition coefficient (Wildman–Crippen LogP) is 2.35. The van der Waals surface area contributed by atoms with Crippen LogP contribution in [0, 0.1) is 11.3 Å². The number of nitrogens with zero attached hydrogens (tertiary/aromatic N) is 3. The number of aromatic amines is 1. The highest BCUT2D eigenvalue weighted by atomic mass is 16.5. The maximum Gasteiger partial charge on any atom is 0.327 e. The molecule has 3 aromatic rings. The largest absolute Gasteiger partial charge is 0.468 e. The zero-order valence-corrected chi connectivity index (χ0v) is 14.1. The molecule has 2 aromatic carbocycles. The number of rotatable bonds is 6. The minimum Gasteiger partial charge on any atom is -0.468 e. The van der Waals surface area contributed by atoms with Crippen LogP contribution in [0.3, 0.4) is 0 Å². The fourth-order valence-corrected chi connectivity index (χ4v) is 2.64. The number of esters is 1. The first kappa shape index (κ1) is 17.3. The van der Waals surface area contributed by atoms with E-state index in [1.807, 2.05) is 24.3 Å². The topological polar surface area (TPSA) is 104 Å². The van der Waals surface area contributed by atoms with Crippen LogP contribution in [0.2, 0.25) is 0 Å². The van der Waals surface area contributed by atoms with Crippen molar-refractivity contribution in [2.75, 3.05) is 7.11 Å². The Balaban J connectivity index is 1.79. The van der Waals surface area contributed by atoms with Crippen molar-refractivity contribution in [3.8, 4) is 17.5 Å². The van der Waals surface area contributed by atoms with E-state index >= 15 is 0 Å². The highest BCUT2D eigenvalue weighted by Gasteiger charge is 2.21. The Morgan fingerprint density at radius 1 is 1.31 bits per heavy atom. The predicted molar refractivity (Wildman–Crippen MR) is 94.6 cm³/mol. The monoisotopic (exact) mass is 347 g/mol. The van der Waals surface area contributed by atoms with Crippen LogP contribution in [0.1, 0.15) is 22.7 Å². The molecule has 1 aromatic heterocycles. The van der Waals surface area contributed by atoms with Gasteiger partial charge in [-0.25, -0.2) is 9.78 Å². The van der Waals surface area contributed by atoms with E-state index in [0.717, 1.165) is 11.1 Å². The van der Waals surface area contributed by atoms with Crippen LogP contribution < -0.4 is 5.32 Å². The fraction of sp³-hybridized carbons (Fsp3) is 0.158. The van der Waals surface area contributed by atoms with E-state index in [1.165, 1.54) is 13.4 Å². The standard InChI is InChI=1S/C19H17N5O2/c1-26-19(25)17(15-6-2-4-13(8-15)10-20)21-11-14-5-3-7-16(9-14)18-22-12-23-24-18/h2-9,12,17,21H,11H2,1H3,(H,22,23,24). The molecule has 1 atom stereocenters. The third-order valence-electron chi connectivity index (χ3n) is 3.91. The Morgan fingerprint density at radius 3 is 2.88 bits per heavy atom. The molecule has 26 heavy (non-hydrogen) atoms. The van der Waals surface area contributed by atoms with E-state index in [2.05, 4.69) is 26.6 Å². The molecule has 0 radical (unpaired) electrons. The summed E-state index contributed by atoms with van der Waals surface area (Å²) in [7, 11) is 1.34. The Bertz CT molecular complexity index is 931. The summed E-state index contributed by atoms with van der Waals surface area (Å²) < 4.78 is 4.90. The third kappa shape index (κ3) is 3.94. The molecule has 1 heterocycles. The van der Waals surface area contributed by atoms with Gasteiger partial charge in [0.15, 0.2) is 5.82 Å². The van der Waals surface area contributed by atoms with Crippen molar-refractivity contribution in [1.29, 1.82) is 5.26 Å². The SMILES string of the molecule is COC(=O)C(NCc1cccc(-c2ncn[nH]2)c1)c1cccc(C#N)c1. The number of nitrogens with one attached hydrogen (secondary N) is 2. The van der Waals surface area contributed by atoms with Crippen molar-refractivity contribution in [3.05, 3.63) is 71.5 Å². The molecule has 0 spiro atoms. The van der Waals surface area contributed by atoms with Gasteiger partial charge in [0.1, 0.15) is 12.4 Å².